The van der Waals surface area contributed by atoms with Gasteiger partial charge in [-0.15, -0.1) is 0 Å². The van der Waals surface area contributed by atoms with Gasteiger partial charge in [0.2, 0.25) is 0 Å². The van der Waals surface area contributed by atoms with Crippen LogP contribution in [0.3, 0.4) is 0 Å². The van der Waals surface area contributed by atoms with Crippen LogP contribution in [0.4, 0.5) is 0 Å². The average molecular weight is 217 g/mol. The van der Waals surface area contributed by atoms with Crippen molar-refractivity contribution in [1.82, 2.24) is 9.55 Å². The second kappa shape index (κ2) is 2.95. The Labute approximate surface area is 73.5 Å². The van der Waals surface area contributed by atoms with Crippen molar-refractivity contribution in [2.24, 2.45) is 0 Å². The number of rotatable bonds is 1. The molecule has 3 nitrogen and oxygen atoms in total. The Kier molecular flexibility index (Phi) is 1.96. The quantitative estimate of drug-likeness (QED) is 0.663. The number of imidazole rings is 1. The number of aromatic nitrogens is 2. The third-order valence-corrected chi connectivity index (χ3v) is 2.42. The van der Waals surface area contributed by atoms with Crippen LogP contribution in [-0.2, 0) is 23.2 Å². The zero-order valence-corrected chi connectivity index (χ0v) is 7.67. The van der Waals surface area contributed by atoms with Crippen LogP contribution in [0.15, 0.2) is 6.20 Å². The molecule has 0 bridgehead atoms. The van der Waals surface area contributed by atoms with Crippen molar-refractivity contribution >= 4 is 15.9 Å². The summed E-state index contributed by atoms with van der Waals surface area (Å²) < 4.78 is 7.46. The van der Waals surface area contributed by atoms with Gasteiger partial charge in [0, 0.05) is 23.8 Å². The molecule has 2 rings (SSSR count). The summed E-state index contributed by atoms with van der Waals surface area (Å²) in [5.41, 5.74) is 1.24. The Morgan fingerprint density at radius 2 is 2.64 bits per heavy atom. The zero-order valence-electron chi connectivity index (χ0n) is 6.09. The van der Waals surface area contributed by atoms with Gasteiger partial charge in [-0.25, -0.2) is 4.98 Å². The molecule has 1 aliphatic rings. The summed E-state index contributed by atoms with van der Waals surface area (Å²) in [7, 11) is 0. The normalized spacial score (nSPS) is 16.5. The lowest BCUT2D eigenvalue weighted by Crippen LogP contribution is -2.18. The van der Waals surface area contributed by atoms with Crippen LogP contribution in [0.25, 0.3) is 0 Å². The van der Waals surface area contributed by atoms with E-state index in [1.54, 1.807) is 0 Å². The van der Waals surface area contributed by atoms with Gasteiger partial charge in [-0.3, -0.25) is 0 Å². The third kappa shape index (κ3) is 1.20. The van der Waals surface area contributed by atoms with Crippen molar-refractivity contribution in [1.29, 1.82) is 0 Å². The number of hydrogen-bond donors (Lipinski definition) is 0. The first-order valence-corrected chi connectivity index (χ1v) is 4.71. The van der Waals surface area contributed by atoms with E-state index in [1.165, 1.54) is 5.69 Å². The SMILES string of the molecule is BrCc1cnc2n1CCOC2. The van der Waals surface area contributed by atoms with Gasteiger partial charge >= 0.3 is 0 Å². The fourth-order valence-electron chi connectivity index (χ4n) is 1.27. The van der Waals surface area contributed by atoms with Crippen LogP contribution in [0.5, 0.6) is 0 Å². The van der Waals surface area contributed by atoms with Crippen LogP contribution >= 0.6 is 15.9 Å². The van der Waals surface area contributed by atoms with Crippen molar-refractivity contribution < 1.29 is 4.74 Å². The maximum Gasteiger partial charge on any atom is 0.135 e. The number of fused-ring (bicyclic) bond motifs is 1. The van der Waals surface area contributed by atoms with Gasteiger partial charge in [0.1, 0.15) is 12.4 Å². The number of hydrogen-bond acceptors (Lipinski definition) is 2. The van der Waals surface area contributed by atoms with Gasteiger partial charge < -0.3 is 9.30 Å². The molecule has 0 spiro atoms. The summed E-state index contributed by atoms with van der Waals surface area (Å²) in [5.74, 6) is 1.05. The predicted octanol–water partition coefficient (Wildman–Crippen LogP) is 1.31. The monoisotopic (exact) mass is 216 g/mol. The molecule has 1 aliphatic heterocycles. The topological polar surface area (TPSA) is 27.1 Å². The molecule has 0 N–H and O–H groups in total. The standard InChI is InChI=1S/C7H9BrN2O/c8-3-6-4-9-7-5-11-2-1-10(6)7/h4H,1-3,5H2. The zero-order chi connectivity index (χ0) is 7.68. The van der Waals surface area contributed by atoms with E-state index in [2.05, 4.69) is 25.5 Å². The molecule has 11 heavy (non-hydrogen) atoms. The number of nitrogens with zero attached hydrogens (tertiary/aromatic N) is 2. The molecular formula is C7H9BrN2O. The summed E-state index contributed by atoms with van der Waals surface area (Å²) in [6.07, 6.45) is 1.90. The first-order valence-electron chi connectivity index (χ1n) is 3.59. The highest BCUT2D eigenvalue weighted by atomic mass is 79.9. The van der Waals surface area contributed by atoms with Crippen molar-refractivity contribution in [3.8, 4) is 0 Å². The van der Waals surface area contributed by atoms with E-state index in [4.69, 9.17) is 4.74 Å². The summed E-state index contributed by atoms with van der Waals surface area (Å²) in [6, 6.07) is 0. The molecular weight excluding hydrogens is 208 g/mol. The van der Waals surface area contributed by atoms with Crippen molar-refractivity contribution in [3.63, 3.8) is 0 Å². The van der Waals surface area contributed by atoms with E-state index >= 15 is 0 Å². The highest BCUT2D eigenvalue weighted by Crippen LogP contribution is 2.13. The molecule has 0 atom stereocenters. The summed E-state index contributed by atoms with van der Waals surface area (Å²) in [6.45, 7) is 2.41. The van der Waals surface area contributed by atoms with Crippen LogP contribution in [0, 0.1) is 0 Å². The van der Waals surface area contributed by atoms with Crippen molar-refractivity contribution in [2.45, 2.75) is 18.5 Å². The molecule has 0 fully saturated rings. The minimum absolute atomic E-state index is 0.660. The van der Waals surface area contributed by atoms with E-state index in [0.717, 1.165) is 24.3 Å². The molecule has 2 heterocycles. The van der Waals surface area contributed by atoms with Crippen LogP contribution < -0.4 is 0 Å². The van der Waals surface area contributed by atoms with E-state index in [0.29, 0.717) is 6.61 Å². The molecule has 60 valence electrons. The summed E-state index contributed by atoms with van der Waals surface area (Å²) in [4.78, 5) is 4.24. The maximum absolute atomic E-state index is 5.26. The van der Waals surface area contributed by atoms with Crippen LogP contribution in [0.1, 0.15) is 11.5 Å². The lowest BCUT2D eigenvalue weighted by Gasteiger charge is -2.15. The molecule has 0 amide bonds. The summed E-state index contributed by atoms with van der Waals surface area (Å²) in [5, 5.41) is 0.875. The first-order chi connectivity index (χ1) is 5.42. The highest BCUT2D eigenvalue weighted by molar-refractivity contribution is 9.08. The Morgan fingerprint density at radius 3 is 3.45 bits per heavy atom. The van der Waals surface area contributed by atoms with Gasteiger partial charge in [-0.1, -0.05) is 15.9 Å². The Hall–Kier alpha value is -0.350. The molecule has 4 heteroatoms. The van der Waals surface area contributed by atoms with Crippen molar-refractivity contribution in [3.05, 3.63) is 17.7 Å². The Bertz CT molecular complexity index is 245. The lowest BCUT2D eigenvalue weighted by molar-refractivity contribution is 0.0809. The van der Waals surface area contributed by atoms with E-state index in [-0.39, 0.29) is 0 Å². The molecule has 0 radical (unpaired) electrons. The number of halogens is 1. The van der Waals surface area contributed by atoms with E-state index in [1.807, 2.05) is 6.20 Å². The smallest absolute Gasteiger partial charge is 0.135 e. The highest BCUT2D eigenvalue weighted by Gasteiger charge is 2.12. The minimum Gasteiger partial charge on any atom is -0.372 e. The molecule has 0 aliphatic carbocycles. The molecule has 1 aromatic heterocycles. The first kappa shape index (κ1) is 7.31. The van der Waals surface area contributed by atoms with Gasteiger partial charge in [0.05, 0.1) is 6.61 Å². The molecule has 1 aromatic rings. The van der Waals surface area contributed by atoms with Crippen LogP contribution in [0.2, 0.25) is 0 Å². The second-order valence-electron chi connectivity index (χ2n) is 2.50. The predicted molar refractivity (Wildman–Crippen MR) is 44.5 cm³/mol. The van der Waals surface area contributed by atoms with Gasteiger partial charge in [-0.05, 0) is 0 Å². The summed E-state index contributed by atoms with van der Waals surface area (Å²) >= 11 is 3.41. The fourth-order valence-corrected chi connectivity index (χ4v) is 1.72. The number of ether oxygens (including phenoxy) is 1. The van der Waals surface area contributed by atoms with Gasteiger partial charge in [0.15, 0.2) is 0 Å². The van der Waals surface area contributed by atoms with E-state index in [9.17, 15) is 0 Å². The maximum atomic E-state index is 5.26. The number of alkyl halides is 1. The van der Waals surface area contributed by atoms with Crippen molar-refractivity contribution in [2.75, 3.05) is 6.61 Å². The molecule has 0 saturated heterocycles. The molecule has 0 aromatic carbocycles. The Balaban J connectivity index is 2.38. The van der Waals surface area contributed by atoms with Crippen LogP contribution in [-0.4, -0.2) is 16.2 Å². The van der Waals surface area contributed by atoms with Gasteiger partial charge in [0.25, 0.3) is 0 Å². The van der Waals surface area contributed by atoms with Gasteiger partial charge in [-0.2, -0.15) is 0 Å². The lowest BCUT2D eigenvalue weighted by atomic mass is 10.4. The Morgan fingerprint density at radius 1 is 1.73 bits per heavy atom. The average Bonchev–Trinajstić information content (AvgIpc) is 2.47. The second-order valence-corrected chi connectivity index (χ2v) is 3.06. The van der Waals surface area contributed by atoms with E-state index < -0.39 is 0 Å². The molecule has 0 saturated carbocycles. The minimum atomic E-state index is 0.660. The fraction of sp³-hybridized carbons (Fsp3) is 0.571. The molecule has 0 unspecified atom stereocenters. The third-order valence-electron chi connectivity index (χ3n) is 1.85. The largest absolute Gasteiger partial charge is 0.372 e.